The fraction of sp³-hybridized carbons (Fsp3) is 0.923. The van der Waals surface area contributed by atoms with Crippen LogP contribution in [0.25, 0.3) is 0 Å². The topological polar surface area (TPSA) is 55.6 Å². The van der Waals surface area contributed by atoms with Crippen molar-refractivity contribution in [2.45, 2.75) is 64.1 Å². The van der Waals surface area contributed by atoms with E-state index in [0.717, 1.165) is 12.8 Å². The molecule has 1 amide bonds. The monoisotopic (exact) mass is 242 g/mol. The van der Waals surface area contributed by atoms with E-state index in [1.54, 1.807) is 7.11 Å². The van der Waals surface area contributed by atoms with Crippen LogP contribution in [0.4, 0.5) is 0 Å². The van der Waals surface area contributed by atoms with Crippen LogP contribution in [-0.2, 0) is 9.53 Å². The molecule has 2 unspecified atom stereocenters. The highest BCUT2D eigenvalue weighted by atomic mass is 16.5. The summed E-state index contributed by atoms with van der Waals surface area (Å²) in [5, 5.41) is 0. The van der Waals surface area contributed by atoms with Crippen LogP contribution in [-0.4, -0.2) is 42.1 Å². The molecular weight excluding hydrogens is 216 g/mol. The maximum Gasteiger partial charge on any atom is 0.225 e. The largest absolute Gasteiger partial charge is 0.378 e. The molecule has 1 aliphatic rings. The van der Waals surface area contributed by atoms with Gasteiger partial charge in [0, 0.05) is 25.7 Å². The first-order chi connectivity index (χ1) is 7.91. The normalized spacial score (nSPS) is 26.1. The van der Waals surface area contributed by atoms with Gasteiger partial charge in [0.2, 0.25) is 5.91 Å². The summed E-state index contributed by atoms with van der Waals surface area (Å²) in [5.41, 5.74) is 5.37. The van der Waals surface area contributed by atoms with Crippen molar-refractivity contribution in [2.24, 2.45) is 5.73 Å². The van der Waals surface area contributed by atoms with Gasteiger partial charge in [-0.2, -0.15) is 0 Å². The quantitative estimate of drug-likeness (QED) is 0.813. The number of methoxy groups -OCH3 is 1. The van der Waals surface area contributed by atoms with Crippen LogP contribution >= 0.6 is 0 Å². The zero-order valence-electron chi connectivity index (χ0n) is 11.5. The van der Waals surface area contributed by atoms with Gasteiger partial charge in [0.15, 0.2) is 0 Å². The number of amides is 1. The lowest BCUT2D eigenvalue weighted by molar-refractivity contribution is -0.142. The van der Waals surface area contributed by atoms with Crippen molar-refractivity contribution in [3.05, 3.63) is 0 Å². The van der Waals surface area contributed by atoms with E-state index < -0.39 is 5.60 Å². The van der Waals surface area contributed by atoms with Gasteiger partial charge < -0.3 is 15.4 Å². The first-order valence-electron chi connectivity index (χ1n) is 6.47. The van der Waals surface area contributed by atoms with Gasteiger partial charge in [-0.3, -0.25) is 4.79 Å². The molecule has 4 heteroatoms. The number of hydrogen-bond donors (Lipinski definition) is 1. The number of nitrogens with zero attached hydrogens (tertiary/aromatic N) is 1. The molecule has 100 valence electrons. The second-order valence-corrected chi connectivity index (χ2v) is 5.61. The Morgan fingerprint density at radius 3 is 2.65 bits per heavy atom. The summed E-state index contributed by atoms with van der Waals surface area (Å²) in [6.07, 6.45) is 3.69. The van der Waals surface area contributed by atoms with E-state index >= 15 is 0 Å². The molecule has 1 heterocycles. The third-order valence-corrected chi connectivity index (χ3v) is 3.72. The van der Waals surface area contributed by atoms with Crippen LogP contribution in [0.1, 0.15) is 46.5 Å². The standard InChI is InChI=1S/C13H26N2O2/c1-10-6-5-7-11(9-14)15(10)12(16)8-13(2,3)17-4/h10-11H,5-9,14H2,1-4H3. The third-order valence-electron chi connectivity index (χ3n) is 3.72. The summed E-state index contributed by atoms with van der Waals surface area (Å²) >= 11 is 0. The molecule has 1 fully saturated rings. The van der Waals surface area contributed by atoms with Crippen molar-refractivity contribution in [1.82, 2.24) is 4.90 Å². The number of carbonyl (C=O) groups excluding carboxylic acids is 1. The Balaban J connectivity index is 2.70. The smallest absolute Gasteiger partial charge is 0.225 e. The van der Waals surface area contributed by atoms with E-state index in [2.05, 4.69) is 6.92 Å². The molecule has 0 spiro atoms. The van der Waals surface area contributed by atoms with E-state index in [9.17, 15) is 4.79 Å². The Labute approximate surface area is 104 Å². The average molecular weight is 242 g/mol. The predicted octanol–water partition coefficient (Wildman–Crippen LogP) is 1.53. The molecule has 0 saturated carbocycles. The van der Waals surface area contributed by atoms with Crippen LogP contribution < -0.4 is 5.73 Å². The van der Waals surface area contributed by atoms with Crippen LogP contribution in [0.5, 0.6) is 0 Å². The summed E-state index contributed by atoms with van der Waals surface area (Å²) in [5.74, 6) is 0.166. The molecule has 0 radical (unpaired) electrons. The maximum absolute atomic E-state index is 12.3. The van der Waals surface area contributed by atoms with E-state index in [-0.39, 0.29) is 11.9 Å². The summed E-state index contributed by atoms with van der Waals surface area (Å²) in [4.78, 5) is 14.3. The Bertz CT molecular complexity index is 266. The Hall–Kier alpha value is -0.610. The molecule has 4 nitrogen and oxygen atoms in total. The number of nitrogens with two attached hydrogens (primary N) is 1. The first kappa shape index (κ1) is 14.5. The van der Waals surface area contributed by atoms with Crippen LogP contribution in [0, 0.1) is 0 Å². The molecule has 0 aromatic heterocycles. The molecule has 2 atom stereocenters. The van der Waals surface area contributed by atoms with Gasteiger partial charge in [-0.25, -0.2) is 0 Å². The van der Waals surface area contributed by atoms with E-state index in [0.29, 0.717) is 19.0 Å². The van der Waals surface area contributed by atoms with E-state index in [1.807, 2.05) is 18.7 Å². The van der Waals surface area contributed by atoms with Gasteiger partial charge in [0.1, 0.15) is 0 Å². The SMILES string of the molecule is COC(C)(C)CC(=O)N1C(C)CCCC1CN. The van der Waals surface area contributed by atoms with Gasteiger partial charge in [0.25, 0.3) is 0 Å². The predicted molar refractivity (Wildman–Crippen MR) is 68.7 cm³/mol. The lowest BCUT2D eigenvalue weighted by Crippen LogP contribution is -2.53. The first-order valence-corrected chi connectivity index (χ1v) is 6.47. The molecule has 17 heavy (non-hydrogen) atoms. The molecule has 1 aliphatic heterocycles. The van der Waals surface area contributed by atoms with E-state index in [1.165, 1.54) is 6.42 Å². The number of hydrogen-bond acceptors (Lipinski definition) is 3. The Kier molecular flexibility index (Phi) is 4.95. The molecule has 1 rings (SSSR count). The summed E-state index contributed by atoms with van der Waals surface area (Å²) in [6, 6.07) is 0.511. The number of likely N-dealkylation sites (tertiary alicyclic amines) is 1. The molecule has 0 aromatic rings. The maximum atomic E-state index is 12.3. The van der Waals surface area contributed by atoms with Gasteiger partial charge in [0.05, 0.1) is 12.0 Å². The minimum absolute atomic E-state index is 0.166. The second kappa shape index (κ2) is 5.83. The molecule has 2 N–H and O–H groups in total. The van der Waals surface area contributed by atoms with Crippen molar-refractivity contribution in [3.63, 3.8) is 0 Å². The zero-order valence-corrected chi connectivity index (χ0v) is 11.5. The van der Waals surface area contributed by atoms with Gasteiger partial charge in [-0.15, -0.1) is 0 Å². The van der Waals surface area contributed by atoms with Crippen molar-refractivity contribution in [2.75, 3.05) is 13.7 Å². The molecule has 0 aromatic carbocycles. The lowest BCUT2D eigenvalue weighted by atomic mass is 9.94. The lowest BCUT2D eigenvalue weighted by Gasteiger charge is -2.41. The fourth-order valence-electron chi connectivity index (χ4n) is 2.50. The third kappa shape index (κ3) is 3.68. The summed E-state index contributed by atoms with van der Waals surface area (Å²) in [6.45, 7) is 6.55. The van der Waals surface area contributed by atoms with Crippen LogP contribution in [0.3, 0.4) is 0 Å². The number of piperidine rings is 1. The summed E-state index contributed by atoms with van der Waals surface area (Å²) < 4.78 is 5.32. The minimum atomic E-state index is -0.395. The average Bonchev–Trinajstić information content (AvgIpc) is 2.27. The van der Waals surface area contributed by atoms with Crippen molar-refractivity contribution in [3.8, 4) is 0 Å². The highest BCUT2D eigenvalue weighted by Gasteiger charge is 2.33. The highest BCUT2D eigenvalue weighted by molar-refractivity contribution is 5.78. The van der Waals surface area contributed by atoms with Crippen molar-refractivity contribution in [1.29, 1.82) is 0 Å². The highest BCUT2D eigenvalue weighted by Crippen LogP contribution is 2.25. The van der Waals surface area contributed by atoms with Gasteiger partial charge in [-0.05, 0) is 40.0 Å². The van der Waals surface area contributed by atoms with Crippen LogP contribution in [0.15, 0.2) is 0 Å². The van der Waals surface area contributed by atoms with Crippen molar-refractivity contribution >= 4 is 5.91 Å². The Morgan fingerprint density at radius 2 is 2.12 bits per heavy atom. The van der Waals surface area contributed by atoms with Crippen LogP contribution in [0.2, 0.25) is 0 Å². The zero-order chi connectivity index (χ0) is 13.1. The molecule has 1 saturated heterocycles. The van der Waals surface area contributed by atoms with Gasteiger partial charge in [-0.1, -0.05) is 0 Å². The Morgan fingerprint density at radius 1 is 1.47 bits per heavy atom. The number of rotatable bonds is 4. The minimum Gasteiger partial charge on any atom is -0.378 e. The van der Waals surface area contributed by atoms with Crippen molar-refractivity contribution < 1.29 is 9.53 Å². The van der Waals surface area contributed by atoms with Gasteiger partial charge >= 0.3 is 0 Å². The molecule has 0 aliphatic carbocycles. The molecule has 0 bridgehead atoms. The van der Waals surface area contributed by atoms with E-state index in [4.69, 9.17) is 10.5 Å². The summed E-state index contributed by atoms with van der Waals surface area (Å²) in [7, 11) is 1.65. The number of ether oxygens (including phenoxy) is 1. The second-order valence-electron chi connectivity index (χ2n) is 5.61. The molecular formula is C13H26N2O2. The fourth-order valence-corrected chi connectivity index (χ4v) is 2.50. The number of carbonyl (C=O) groups is 1.